The Morgan fingerprint density at radius 1 is 1.17 bits per heavy atom. The van der Waals surface area contributed by atoms with Crippen LogP contribution in [0.1, 0.15) is 10.4 Å². The van der Waals surface area contributed by atoms with Crippen molar-refractivity contribution in [3.8, 4) is 5.75 Å². The highest BCUT2D eigenvalue weighted by Crippen LogP contribution is 2.26. The number of nitrogens with zero attached hydrogens (tertiary/aromatic N) is 4. The van der Waals surface area contributed by atoms with Gasteiger partial charge < -0.3 is 9.67 Å². The molecule has 23 heavy (non-hydrogen) atoms. The average molecular weight is 310 g/mol. The van der Waals surface area contributed by atoms with Crippen molar-refractivity contribution < 1.29 is 9.90 Å². The molecule has 116 valence electrons. The lowest BCUT2D eigenvalue weighted by Crippen LogP contribution is -2.34. The molecule has 0 bridgehead atoms. The lowest BCUT2D eigenvalue weighted by Gasteiger charge is -2.17. The maximum absolute atomic E-state index is 12.7. The second-order valence-electron chi connectivity index (χ2n) is 5.02. The zero-order valence-electron chi connectivity index (χ0n) is 12.6. The molecule has 7 heteroatoms. The Balaban J connectivity index is 2.20. The number of amides is 1. The zero-order valence-corrected chi connectivity index (χ0v) is 12.6. The molecule has 2 aromatic heterocycles. The van der Waals surface area contributed by atoms with Crippen LogP contribution in [0.3, 0.4) is 0 Å². The van der Waals surface area contributed by atoms with Crippen molar-refractivity contribution in [1.82, 2.24) is 14.5 Å². The van der Waals surface area contributed by atoms with Crippen molar-refractivity contribution in [3.05, 3.63) is 58.6 Å². The van der Waals surface area contributed by atoms with E-state index in [1.165, 1.54) is 24.0 Å². The van der Waals surface area contributed by atoms with Gasteiger partial charge in [0, 0.05) is 31.9 Å². The highest BCUT2D eigenvalue weighted by molar-refractivity contribution is 6.09. The number of hydrogen-bond donors (Lipinski definition) is 1. The molecule has 0 unspecified atom stereocenters. The van der Waals surface area contributed by atoms with Gasteiger partial charge in [-0.15, -0.1) is 0 Å². The molecule has 2 heterocycles. The van der Waals surface area contributed by atoms with E-state index in [1.807, 2.05) is 0 Å². The molecular weight excluding hydrogens is 296 g/mol. The monoisotopic (exact) mass is 310 g/mol. The van der Waals surface area contributed by atoms with Crippen LogP contribution in [0.4, 0.5) is 5.95 Å². The van der Waals surface area contributed by atoms with Crippen LogP contribution in [0.25, 0.3) is 10.9 Å². The van der Waals surface area contributed by atoms with Crippen LogP contribution in [0.15, 0.2) is 47.5 Å². The van der Waals surface area contributed by atoms with E-state index in [9.17, 15) is 14.7 Å². The summed E-state index contributed by atoms with van der Waals surface area (Å²) in [7, 11) is 3.01. The van der Waals surface area contributed by atoms with Crippen molar-refractivity contribution >= 4 is 22.8 Å². The smallest absolute Gasteiger partial charge is 0.269 e. The predicted molar refractivity (Wildman–Crippen MR) is 85.6 cm³/mol. The van der Waals surface area contributed by atoms with E-state index in [1.54, 1.807) is 37.4 Å². The maximum Gasteiger partial charge on any atom is 0.269 e. The van der Waals surface area contributed by atoms with Crippen molar-refractivity contribution in [2.75, 3.05) is 11.9 Å². The molecule has 0 saturated heterocycles. The van der Waals surface area contributed by atoms with Crippen LogP contribution in [-0.4, -0.2) is 32.6 Å². The van der Waals surface area contributed by atoms with Gasteiger partial charge in [0.15, 0.2) is 0 Å². The predicted octanol–water partition coefficient (Wildman–Crippen LogP) is 1.31. The molecule has 3 aromatic rings. The number of pyridine rings is 1. The van der Waals surface area contributed by atoms with Gasteiger partial charge in [-0.1, -0.05) is 12.1 Å². The number of fused-ring (bicyclic) bond motifs is 1. The number of anilines is 1. The molecule has 0 atom stereocenters. The Labute approximate surface area is 131 Å². The largest absolute Gasteiger partial charge is 0.506 e. The van der Waals surface area contributed by atoms with Crippen LogP contribution in [0.2, 0.25) is 0 Å². The molecule has 7 nitrogen and oxygen atoms in total. The molecular formula is C16H14N4O3. The molecule has 1 N–H and O–H groups in total. The lowest BCUT2D eigenvalue weighted by atomic mass is 10.1. The normalized spacial score (nSPS) is 10.7. The van der Waals surface area contributed by atoms with Crippen molar-refractivity contribution in [1.29, 1.82) is 0 Å². The number of carbonyl (C=O) groups is 1. The van der Waals surface area contributed by atoms with E-state index in [0.29, 0.717) is 10.9 Å². The fourth-order valence-corrected chi connectivity index (χ4v) is 2.40. The highest BCUT2D eigenvalue weighted by atomic mass is 16.3. The number of aryl methyl sites for hydroxylation is 1. The summed E-state index contributed by atoms with van der Waals surface area (Å²) < 4.78 is 1.34. The molecule has 0 fully saturated rings. The third-order valence-electron chi connectivity index (χ3n) is 3.65. The van der Waals surface area contributed by atoms with E-state index in [2.05, 4.69) is 9.97 Å². The number of hydrogen-bond acceptors (Lipinski definition) is 5. The first kappa shape index (κ1) is 14.7. The summed E-state index contributed by atoms with van der Waals surface area (Å²) in [4.78, 5) is 34.2. The van der Waals surface area contributed by atoms with Gasteiger partial charge in [-0.05, 0) is 18.2 Å². The average Bonchev–Trinajstić information content (AvgIpc) is 2.60. The Bertz CT molecular complexity index is 951. The number of benzene rings is 1. The number of aromatic hydroxyl groups is 1. The van der Waals surface area contributed by atoms with E-state index in [-0.39, 0.29) is 17.3 Å². The fraction of sp³-hybridized carbons (Fsp3) is 0.125. The van der Waals surface area contributed by atoms with Gasteiger partial charge in [0.1, 0.15) is 11.3 Å². The van der Waals surface area contributed by atoms with Gasteiger partial charge in [-0.3, -0.25) is 14.5 Å². The Morgan fingerprint density at radius 3 is 2.52 bits per heavy atom. The summed E-state index contributed by atoms with van der Waals surface area (Å²) in [5, 5.41) is 10.9. The third-order valence-corrected chi connectivity index (χ3v) is 3.65. The highest BCUT2D eigenvalue weighted by Gasteiger charge is 2.25. The van der Waals surface area contributed by atoms with E-state index in [4.69, 9.17) is 0 Å². The molecule has 0 aliphatic carbocycles. The van der Waals surface area contributed by atoms with Gasteiger partial charge in [0.05, 0.1) is 5.52 Å². The molecule has 0 spiro atoms. The molecule has 3 rings (SSSR count). The van der Waals surface area contributed by atoms with Gasteiger partial charge >= 0.3 is 0 Å². The maximum atomic E-state index is 12.7. The zero-order chi connectivity index (χ0) is 16.6. The van der Waals surface area contributed by atoms with Gasteiger partial charge in [-0.25, -0.2) is 9.97 Å². The first-order valence-electron chi connectivity index (χ1n) is 6.88. The molecule has 1 amide bonds. The van der Waals surface area contributed by atoms with Crippen LogP contribution < -0.4 is 10.5 Å². The first-order chi connectivity index (χ1) is 11.0. The summed E-state index contributed by atoms with van der Waals surface area (Å²) in [6.07, 6.45) is 2.98. The quantitative estimate of drug-likeness (QED) is 0.771. The van der Waals surface area contributed by atoms with E-state index >= 15 is 0 Å². The Kier molecular flexibility index (Phi) is 3.53. The summed E-state index contributed by atoms with van der Waals surface area (Å²) in [6.45, 7) is 0. The molecule has 0 saturated carbocycles. The van der Waals surface area contributed by atoms with Gasteiger partial charge in [-0.2, -0.15) is 0 Å². The number of para-hydroxylation sites is 1. The fourth-order valence-electron chi connectivity index (χ4n) is 2.40. The molecule has 0 radical (unpaired) electrons. The van der Waals surface area contributed by atoms with Crippen molar-refractivity contribution in [3.63, 3.8) is 0 Å². The number of rotatable bonds is 2. The van der Waals surface area contributed by atoms with Crippen LogP contribution in [-0.2, 0) is 7.05 Å². The summed E-state index contributed by atoms with van der Waals surface area (Å²) >= 11 is 0. The van der Waals surface area contributed by atoms with Crippen molar-refractivity contribution in [2.45, 2.75) is 0 Å². The standard InChI is InChI=1S/C16H14N4O3/c1-19-11-7-4-3-6-10(11)13(21)12(14(19)22)15(23)20(2)16-17-8-5-9-18-16/h3-9,21H,1-2H3. The summed E-state index contributed by atoms with van der Waals surface area (Å²) in [5.41, 5.74) is -0.333. The second kappa shape index (κ2) is 5.53. The third kappa shape index (κ3) is 2.32. The van der Waals surface area contributed by atoms with Crippen LogP contribution in [0.5, 0.6) is 5.75 Å². The van der Waals surface area contributed by atoms with Gasteiger partial charge in [0.25, 0.3) is 11.5 Å². The minimum absolute atomic E-state index is 0.145. The Morgan fingerprint density at radius 2 is 1.83 bits per heavy atom. The summed E-state index contributed by atoms with van der Waals surface area (Å²) in [6, 6.07) is 8.46. The summed E-state index contributed by atoms with van der Waals surface area (Å²) in [5.74, 6) is -0.858. The lowest BCUT2D eigenvalue weighted by molar-refractivity contribution is 0.0987. The van der Waals surface area contributed by atoms with Crippen LogP contribution >= 0.6 is 0 Å². The van der Waals surface area contributed by atoms with E-state index < -0.39 is 11.5 Å². The number of carbonyl (C=O) groups excluding carboxylic acids is 1. The minimum Gasteiger partial charge on any atom is -0.506 e. The topological polar surface area (TPSA) is 88.3 Å². The molecule has 1 aromatic carbocycles. The molecule has 0 aliphatic heterocycles. The van der Waals surface area contributed by atoms with Gasteiger partial charge in [0.2, 0.25) is 5.95 Å². The van der Waals surface area contributed by atoms with E-state index in [0.717, 1.165) is 4.90 Å². The van der Waals surface area contributed by atoms with Crippen LogP contribution in [0, 0.1) is 0 Å². The Hall–Kier alpha value is -3.22. The molecule has 0 aliphatic rings. The van der Waals surface area contributed by atoms with Crippen molar-refractivity contribution in [2.24, 2.45) is 7.05 Å². The second-order valence-corrected chi connectivity index (χ2v) is 5.02. The SMILES string of the molecule is CN(C(=O)c1c(O)c2ccccc2n(C)c1=O)c1ncccn1. The first-order valence-corrected chi connectivity index (χ1v) is 6.88. The number of aromatic nitrogens is 3. The minimum atomic E-state index is -0.667.